The number of pyridine rings is 1. The van der Waals surface area contributed by atoms with E-state index in [1.807, 2.05) is 48.0 Å². The highest BCUT2D eigenvalue weighted by atomic mass is 16.5. The van der Waals surface area contributed by atoms with E-state index in [-0.39, 0.29) is 11.8 Å². The highest BCUT2D eigenvalue weighted by Crippen LogP contribution is 2.31. The predicted octanol–water partition coefficient (Wildman–Crippen LogP) is 4.10. The lowest BCUT2D eigenvalue weighted by molar-refractivity contribution is -0.121. The molecule has 0 aliphatic rings. The molecule has 3 rings (SSSR count). The van der Waals surface area contributed by atoms with Crippen LogP contribution in [0.4, 0.5) is 0 Å². The number of nitrogens with zero attached hydrogens (tertiary/aromatic N) is 2. The van der Waals surface area contributed by atoms with Gasteiger partial charge < -0.3 is 14.5 Å². The zero-order valence-electron chi connectivity index (χ0n) is 16.4. The summed E-state index contributed by atoms with van der Waals surface area (Å²) in [6.07, 6.45) is 4.23. The van der Waals surface area contributed by atoms with Crippen molar-refractivity contribution in [2.24, 2.45) is 5.92 Å². The lowest BCUT2D eigenvalue weighted by atomic mass is 9.85. The molecule has 5 heteroatoms. The van der Waals surface area contributed by atoms with E-state index in [9.17, 15) is 4.79 Å². The Bertz CT molecular complexity index is 930. The molecule has 142 valence electrons. The number of aromatic nitrogens is 2. The van der Waals surface area contributed by atoms with E-state index in [4.69, 9.17) is 4.74 Å². The summed E-state index contributed by atoms with van der Waals surface area (Å²) in [5, 5.41) is 3.02. The Morgan fingerprint density at radius 3 is 2.78 bits per heavy atom. The van der Waals surface area contributed by atoms with Crippen LogP contribution < -0.4 is 10.1 Å². The number of fused-ring (bicyclic) bond motifs is 1. The normalized spacial score (nSPS) is 12.3. The number of rotatable bonds is 7. The molecule has 0 radical (unpaired) electrons. The molecule has 0 saturated heterocycles. The number of amides is 1. The molecule has 1 atom stereocenters. The average molecular weight is 365 g/mol. The molecule has 0 aliphatic heterocycles. The molecule has 0 fully saturated rings. The summed E-state index contributed by atoms with van der Waals surface area (Å²) in [5.41, 5.74) is 3.28. The van der Waals surface area contributed by atoms with Crippen LogP contribution in [0, 0.1) is 12.8 Å². The van der Waals surface area contributed by atoms with Gasteiger partial charge in [-0.1, -0.05) is 32.0 Å². The molecule has 27 heavy (non-hydrogen) atoms. The molecule has 2 heterocycles. The molecule has 0 spiro atoms. The first-order chi connectivity index (χ1) is 13.0. The van der Waals surface area contributed by atoms with Crippen molar-refractivity contribution in [2.45, 2.75) is 39.7 Å². The lowest BCUT2D eigenvalue weighted by Gasteiger charge is -2.22. The largest absolute Gasteiger partial charge is 0.496 e. The summed E-state index contributed by atoms with van der Waals surface area (Å²) in [6, 6.07) is 12.1. The lowest BCUT2D eigenvalue weighted by Crippen LogP contribution is -2.27. The number of ether oxygens (including phenoxy) is 1. The quantitative estimate of drug-likeness (QED) is 0.686. The first-order valence-electron chi connectivity index (χ1n) is 9.31. The van der Waals surface area contributed by atoms with E-state index in [0.717, 1.165) is 22.7 Å². The smallest absolute Gasteiger partial charge is 0.220 e. The number of hydrogen-bond donors (Lipinski definition) is 1. The van der Waals surface area contributed by atoms with Crippen molar-refractivity contribution in [3.05, 3.63) is 65.7 Å². The van der Waals surface area contributed by atoms with E-state index in [1.165, 1.54) is 5.56 Å². The number of imidazole rings is 1. The number of methoxy groups -OCH3 is 1. The molecule has 0 aliphatic carbocycles. The summed E-state index contributed by atoms with van der Waals surface area (Å²) >= 11 is 0. The van der Waals surface area contributed by atoms with Gasteiger partial charge in [0.15, 0.2) is 0 Å². The van der Waals surface area contributed by atoms with Crippen molar-refractivity contribution in [1.82, 2.24) is 14.7 Å². The second kappa shape index (κ2) is 8.25. The van der Waals surface area contributed by atoms with Crippen LogP contribution >= 0.6 is 0 Å². The Kier molecular flexibility index (Phi) is 5.79. The molecule has 0 saturated carbocycles. The molecule has 1 unspecified atom stereocenters. The zero-order chi connectivity index (χ0) is 19.4. The van der Waals surface area contributed by atoms with Crippen LogP contribution in [0.5, 0.6) is 5.75 Å². The number of hydrogen-bond acceptors (Lipinski definition) is 3. The highest BCUT2D eigenvalue weighted by Gasteiger charge is 2.20. The van der Waals surface area contributed by atoms with Crippen LogP contribution in [0.2, 0.25) is 0 Å². The monoisotopic (exact) mass is 365 g/mol. The van der Waals surface area contributed by atoms with Gasteiger partial charge in [-0.25, -0.2) is 4.98 Å². The van der Waals surface area contributed by atoms with Gasteiger partial charge in [-0.15, -0.1) is 0 Å². The number of nitrogens with one attached hydrogen (secondary N) is 1. The van der Waals surface area contributed by atoms with Crippen molar-refractivity contribution in [2.75, 3.05) is 7.11 Å². The third-order valence-electron chi connectivity index (χ3n) is 5.02. The van der Waals surface area contributed by atoms with E-state index in [0.29, 0.717) is 18.9 Å². The second-order valence-corrected chi connectivity index (χ2v) is 7.23. The summed E-state index contributed by atoms with van der Waals surface area (Å²) in [7, 11) is 1.68. The number of benzene rings is 1. The summed E-state index contributed by atoms with van der Waals surface area (Å²) in [5.74, 6) is 2.26. The molecule has 0 bridgehead atoms. The third-order valence-corrected chi connectivity index (χ3v) is 5.02. The van der Waals surface area contributed by atoms with Crippen molar-refractivity contribution < 1.29 is 9.53 Å². The van der Waals surface area contributed by atoms with Gasteiger partial charge in [0.1, 0.15) is 11.6 Å². The Balaban J connectivity index is 1.67. The Hall–Kier alpha value is -2.82. The standard InChI is InChI=1S/C22H27N3O2/c1-15(2)19(17-8-9-20(27-4)16(3)11-17)12-22(26)24-14-21-23-13-18-7-5-6-10-25(18)21/h5-11,13,15,19H,12,14H2,1-4H3,(H,24,26). The molecule has 1 aromatic carbocycles. The van der Waals surface area contributed by atoms with E-state index >= 15 is 0 Å². The molecular formula is C22H27N3O2. The summed E-state index contributed by atoms with van der Waals surface area (Å²) in [6.45, 7) is 6.76. The van der Waals surface area contributed by atoms with Gasteiger partial charge in [-0.2, -0.15) is 0 Å². The predicted molar refractivity (Wildman–Crippen MR) is 107 cm³/mol. The van der Waals surface area contributed by atoms with Gasteiger partial charge >= 0.3 is 0 Å². The minimum atomic E-state index is 0.0369. The SMILES string of the molecule is COc1ccc(C(CC(=O)NCc2ncc3ccccn23)C(C)C)cc1C. The van der Waals surface area contributed by atoms with E-state index in [2.05, 4.69) is 36.3 Å². The molecule has 2 aromatic heterocycles. The molecule has 1 amide bonds. The Morgan fingerprint density at radius 2 is 2.07 bits per heavy atom. The maximum absolute atomic E-state index is 12.6. The molecule has 3 aromatic rings. The van der Waals surface area contributed by atoms with E-state index in [1.54, 1.807) is 7.11 Å². The Labute approximate surface area is 160 Å². The van der Waals surface area contributed by atoms with Gasteiger partial charge in [0.05, 0.1) is 25.4 Å². The van der Waals surface area contributed by atoms with Gasteiger partial charge in [-0.05, 0) is 48.1 Å². The first kappa shape index (κ1) is 19.0. The fourth-order valence-electron chi connectivity index (χ4n) is 3.45. The highest BCUT2D eigenvalue weighted by molar-refractivity contribution is 5.77. The molecule has 5 nitrogen and oxygen atoms in total. The fourth-order valence-corrected chi connectivity index (χ4v) is 3.45. The topological polar surface area (TPSA) is 55.6 Å². The maximum atomic E-state index is 12.6. The maximum Gasteiger partial charge on any atom is 0.220 e. The van der Waals surface area contributed by atoms with Crippen LogP contribution in [0.15, 0.2) is 48.8 Å². The van der Waals surface area contributed by atoms with Crippen LogP contribution in [0.25, 0.3) is 5.52 Å². The number of carbonyl (C=O) groups is 1. The minimum absolute atomic E-state index is 0.0369. The first-order valence-corrected chi connectivity index (χ1v) is 9.31. The summed E-state index contributed by atoms with van der Waals surface area (Å²) < 4.78 is 7.34. The van der Waals surface area contributed by atoms with Crippen LogP contribution in [-0.4, -0.2) is 22.4 Å². The minimum Gasteiger partial charge on any atom is -0.496 e. The van der Waals surface area contributed by atoms with Gasteiger partial charge in [0.2, 0.25) is 5.91 Å². The second-order valence-electron chi connectivity index (χ2n) is 7.23. The van der Waals surface area contributed by atoms with Crippen LogP contribution in [-0.2, 0) is 11.3 Å². The third kappa shape index (κ3) is 4.30. The summed E-state index contributed by atoms with van der Waals surface area (Å²) in [4.78, 5) is 17.0. The van der Waals surface area contributed by atoms with Crippen molar-refractivity contribution in [3.8, 4) is 5.75 Å². The Morgan fingerprint density at radius 1 is 1.26 bits per heavy atom. The van der Waals surface area contributed by atoms with Gasteiger partial charge in [0, 0.05) is 12.6 Å². The number of carbonyl (C=O) groups excluding carboxylic acids is 1. The van der Waals surface area contributed by atoms with E-state index < -0.39 is 0 Å². The van der Waals surface area contributed by atoms with Crippen LogP contribution in [0.3, 0.4) is 0 Å². The average Bonchev–Trinajstić information content (AvgIpc) is 3.07. The van der Waals surface area contributed by atoms with Crippen LogP contribution in [0.1, 0.15) is 43.1 Å². The van der Waals surface area contributed by atoms with Crippen molar-refractivity contribution in [3.63, 3.8) is 0 Å². The van der Waals surface area contributed by atoms with Crippen molar-refractivity contribution >= 4 is 11.4 Å². The number of aryl methyl sites for hydroxylation is 1. The van der Waals surface area contributed by atoms with Crippen molar-refractivity contribution in [1.29, 1.82) is 0 Å². The molecular weight excluding hydrogens is 338 g/mol. The zero-order valence-corrected chi connectivity index (χ0v) is 16.4. The van der Waals surface area contributed by atoms with Gasteiger partial charge in [0.25, 0.3) is 0 Å². The fraction of sp³-hybridized carbons (Fsp3) is 0.364. The molecule has 1 N–H and O–H groups in total. The van der Waals surface area contributed by atoms with Gasteiger partial charge in [-0.3, -0.25) is 4.79 Å².